The van der Waals surface area contributed by atoms with Crippen LogP contribution in [0.1, 0.15) is 5.56 Å². The van der Waals surface area contributed by atoms with Crippen LogP contribution >= 0.6 is 23.2 Å². The van der Waals surface area contributed by atoms with Crippen LogP contribution < -0.4 is 15.1 Å². The lowest BCUT2D eigenvalue weighted by molar-refractivity contribution is -0.122. The zero-order valence-electron chi connectivity index (χ0n) is 14.5. The number of carbonyl (C=O) groups is 3. The van der Waals surface area contributed by atoms with Gasteiger partial charge in [-0.2, -0.15) is 0 Å². The smallest absolute Gasteiger partial charge is 0.336 e. The highest BCUT2D eigenvalue weighted by Crippen LogP contribution is 2.34. The van der Waals surface area contributed by atoms with Gasteiger partial charge < -0.3 is 4.90 Å². The summed E-state index contributed by atoms with van der Waals surface area (Å²) < 4.78 is 0. The van der Waals surface area contributed by atoms with E-state index in [9.17, 15) is 14.4 Å². The molecule has 1 heterocycles. The van der Waals surface area contributed by atoms with Gasteiger partial charge in [-0.15, -0.1) is 0 Å². The number of imide groups is 2. The van der Waals surface area contributed by atoms with Crippen molar-refractivity contribution in [3.05, 3.63) is 63.6 Å². The summed E-state index contributed by atoms with van der Waals surface area (Å²) in [4.78, 5) is 40.0. The largest absolute Gasteiger partial charge is 0.378 e. The second kappa shape index (κ2) is 7.42. The monoisotopic (exact) mass is 403 g/mol. The minimum atomic E-state index is -0.880. The van der Waals surface area contributed by atoms with Crippen LogP contribution in [0.3, 0.4) is 0 Å². The average Bonchev–Trinajstić information content (AvgIpc) is 2.62. The van der Waals surface area contributed by atoms with E-state index in [0.29, 0.717) is 5.56 Å². The molecule has 4 amide bonds. The molecule has 0 atom stereocenters. The third-order valence-electron chi connectivity index (χ3n) is 3.99. The summed E-state index contributed by atoms with van der Waals surface area (Å²) in [5, 5.41) is 2.39. The summed E-state index contributed by atoms with van der Waals surface area (Å²) in [5.74, 6) is -1.54. The fourth-order valence-corrected chi connectivity index (χ4v) is 2.96. The Morgan fingerprint density at radius 2 is 1.67 bits per heavy atom. The second-order valence-electron chi connectivity index (χ2n) is 6.02. The zero-order chi connectivity index (χ0) is 19.7. The molecule has 1 N–H and O–H groups in total. The molecule has 3 rings (SSSR count). The maximum Gasteiger partial charge on any atom is 0.336 e. The molecule has 2 aromatic carbocycles. The molecule has 138 valence electrons. The second-order valence-corrected chi connectivity index (χ2v) is 6.80. The lowest BCUT2D eigenvalue weighted by atomic mass is 10.1. The van der Waals surface area contributed by atoms with E-state index in [-0.39, 0.29) is 21.3 Å². The summed E-state index contributed by atoms with van der Waals surface area (Å²) in [6.07, 6.45) is 1.43. The van der Waals surface area contributed by atoms with E-state index in [4.69, 9.17) is 23.2 Å². The van der Waals surface area contributed by atoms with Crippen LogP contribution in [0, 0.1) is 0 Å². The topological polar surface area (TPSA) is 69.7 Å². The Kier molecular flexibility index (Phi) is 5.21. The van der Waals surface area contributed by atoms with Gasteiger partial charge in [0.2, 0.25) is 0 Å². The third-order valence-corrected chi connectivity index (χ3v) is 4.80. The molecule has 1 saturated heterocycles. The summed E-state index contributed by atoms with van der Waals surface area (Å²) in [6.45, 7) is 0. The SMILES string of the molecule is CN(C)c1ccc(/C=C2/C(=O)NC(=O)N(c3cccc(Cl)c3Cl)C2=O)cc1. The summed E-state index contributed by atoms with van der Waals surface area (Å²) in [7, 11) is 3.81. The standard InChI is InChI=1S/C19H15Cl2N3O3/c1-23(2)12-8-6-11(7-9-12)10-13-17(25)22-19(27)24(18(13)26)15-5-3-4-14(20)16(15)21/h3-10H,1-2H3,(H,22,25,27)/b13-10-. The van der Waals surface area contributed by atoms with Crippen LogP contribution in [0.25, 0.3) is 6.08 Å². The number of carbonyl (C=O) groups excluding carboxylic acids is 3. The van der Waals surface area contributed by atoms with Crippen LogP contribution in [0.15, 0.2) is 48.0 Å². The van der Waals surface area contributed by atoms with E-state index in [1.165, 1.54) is 18.2 Å². The molecular weight excluding hydrogens is 389 g/mol. The van der Waals surface area contributed by atoms with Gasteiger partial charge in [-0.05, 0) is 35.9 Å². The molecule has 0 radical (unpaired) electrons. The number of rotatable bonds is 3. The lowest BCUT2D eigenvalue weighted by Gasteiger charge is -2.27. The summed E-state index contributed by atoms with van der Waals surface area (Å²) >= 11 is 12.1. The quantitative estimate of drug-likeness (QED) is 0.625. The predicted molar refractivity (Wildman–Crippen MR) is 106 cm³/mol. The average molecular weight is 404 g/mol. The van der Waals surface area contributed by atoms with Gasteiger partial charge in [0, 0.05) is 19.8 Å². The highest BCUT2D eigenvalue weighted by atomic mass is 35.5. The Hall–Kier alpha value is -2.83. The zero-order valence-corrected chi connectivity index (χ0v) is 16.0. The number of hydrogen-bond acceptors (Lipinski definition) is 4. The molecule has 1 aliphatic heterocycles. The maximum atomic E-state index is 12.9. The number of amides is 4. The first-order valence-electron chi connectivity index (χ1n) is 7.92. The molecule has 0 spiro atoms. The molecule has 0 saturated carbocycles. The molecule has 0 aliphatic carbocycles. The summed E-state index contributed by atoms with van der Waals surface area (Å²) in [5.41, 5.74) is 1.54. The molecular formula is C19H15Cl2N3O3. The van der Waals surface area contributed by atoms with E-state index in [0.717, 1.165) is 10.6 Å². The van der Waals surface area contributed by atoms with Crippen molar-refractivity contribution in [2.24, 2.45) is 0 Å². The van der Waals surface area contributed by atoms with E-state index in [1.54, 1.807) is 18.2 Å². The van der Waals surface area contributed by atoms with Crippen molar-refractivity contribution in [2.45, 2.75) is 0 Å². The first kappa shape index (κ1) is 18.9. The van der Waals surface area contributed by atoms with E-state index in [1.807, 2.05) is 31.1 Å². The van der Waals surface area contributed by atoms with Crippen LogP contribution in [0.2, 0.25) is 10.0 Å². The number of hydrogen-bond donors (Lipinski definition) is 1. The molecule has 0 aromatic heterocycles. The number of nitrogens with one attached hydrogen (secondary N) is 1. The third kappa shape index (κ3) is 3.67. The van der Waals surface area contributed by atoms with Crippen LogP contribution in [0.5, 0.6) is 0 Å². The summed E-state index contributed by atoms with van der Waals surface area (Å²) in [6, 6.07) is 11.0. The van der Waals surface area contributed by atoms with Crippen LogP contribution in [-0.4, -0.2) is 31.9 Å². The van der Waals surface area contributed by atoms with Gasteiger partial charge in [-0.3, -0.25) is 14.9 Å². The van der Waals surface area contributed by atoms with Gasteiger partial charge in [0.25, 0.3) is 11.8 Å². The fraction of sp³-hybridized carbons (Fsp3) is 0.105. The number of halogens is 2. The van der Waals surface area contributed by atoms with E-state index < -0.39 is 17.8 Å². The normalized spacial score (nSPS) is 15.9. The maximum absolute atomic E-state index is 12.9. The van der Waals surface area contributed by atoms with Crippen molar-refractivity contribution in [1.82, 2.24) is 5.32 Å². The highest BCUT2D eigenvalue weighted by molar-refractivity contribution is 6.46. The van der Waals surface area contributed by atoms with Gasteiger partial charge in [0.15, 0.2) is 0 Å². The Balaban J connectivity index is 2.01. The van der Waals surface area contributed by atoms with Gasteiger partial charge in [-0.1, -0.05) is 41.4 Å². The number of anilines is 2. The Morgan fingerprint density at radius 3 is 2.30 bits per heavy atom. The van der Waals surface area contributed by atoms with Crippen molar-refractivity contribution in [2.75, 3.05) is 23.9 Å². The van der Waals surface area contributed by atoms with Crippen molar-refractivity contribution in [3.8, 4) is 0 Å². The predicted octanol–water partition coefficient (Wildman–Crippen LogP) is 3.73. The first-order chi connectivity index (χ1) is 12.8. The van der Waals surface area contributed by atoms with Gasteiger partial charge in [0.1, 0.15) is 5.57 Å². The molecule has 1 aliphatic rings. The molecule has 0 unspecified atom stereocenters. The van der Waals surface area contributed by atoms with Crippen molar-refractivity contribution in [1.29, 1.82) is 0 Å². The minimum Gasteiger partial charge on any atom is -0.378 e. The Labute approximate surface area is 166 Å². The molecule has 0 bridgehead atoms. The minimum absolute atomic E-state index is 0.0479. The van der Waals surface area contributed by atoms with Crippen molar-refractivity contribution < 1.29 is 14.4 Å². The molecule has 1 fully saturated rings. The molecule has 8 heteroatoms. The van der Waals surface area contributed by atoms with Crippen molar-refractivity contribution >= 4 is 58.5 Å². The van der Waals surface area contributed by atoms with Gasteiger partial charge in [0.05, 0.1) is 15.7 Å². The molecule has 2 aromatic rings. The van der Waals surface area contributed by atoms with Gasteiger partial charge >= 0.3 is 6.03 Å². The Bertz CT molecular complexity index is 969. The lowest BCUT2D eigenvalue weighted by Crippen LogP contribution is -2.54. The van der Waals surface area contributed by atoms with E-state index in [2.05, 4.69) is 5.32 Å². The molecule has 6 nitrogen and oxygen atoms in total. The van der Waals surface area contributed by atoms with E-state index >= 15 is 0 Å². The van der Waals surface area contributed by atoms with Crippen LogP contribution in [-0.2, 0) is 9.59 Å². The number of barbiturate groups is 1. The van der Waals surface area contributed by atoms with Crippen LogP contribution in [0.4, 0.5) is 16.2 Å². The Morgan fingerprint density at radius 1 is 1.00 bits per heavy atom. The van der Waals surface area contributed by atoms with Crippen molar-refractivity contribution in [3.63, 3.8) is 0 Å². The number of benzene rings is 2. The first-order valence-corrected chi connectivity index (χ1v) is 8.68. The highest BCUT2D eigenvalue weighted by Gasteiger charge is 2.37. The molecule has 27 heavy (non-hydrogen) atoms. The van der Waals surface area contributed by atoms with Gasteiger partial charge in [-0.25, -0.2) is 9.69 Å². The fourth-order valence-electron chi connectivity index (χ4n) is 2.58. The number of urea groups is 1. The number of nitrogens with zero attached hydrogens (tertiary/aromatic N) is 2.